The number of nitrogens with one attached hydrogen (secondary N) is 2. The second-order valence-electron chi connectivity index (χ2n) is 5.03. The Morgan fingerprint density at radius 1 is 1.50 bits per heavy atom. The first-order valence-electron chi connectivity index (χ1n) is 6.30. The number of carbonyl (C=O) groups excluding carboxylic acids is 1. The molecule has 1 unspecified atom stereocenters. The van der Waals surface area contributed by atoms with Crippen LogP contribution in [0.5, 0.6) is 0 Å². The molecule has 2 N–H and O–H groups in total. The maximum absolute atomic E-state index is 12.3. The molecule has 2 rings (SSSR count). The lowest BCUT2D eigenvalue weighted by Gasteiger charge is -2.32. The van der Waals surface area contributed by atoms with Crippen molar-refractivity contribution < 1.29 is 4.79 Å². The zero-order chi connectivity index (χ0) is 13.0. The summed E-state index contributed by atoms with van der Waals surface area (Å²) in [5.74, 6) is 0.118. The first-order chi connectivity index (χ1) is 8.64. The van der Waals surface area contributed by atoms with Gasteiger partial charge in [-0.05, 0) is 50.8 Å². The third kappa shape index (κ3) is 3.06. The van der Waals surface area contributed by atoms with Crippen LogP contribution >= 0.6 is 11.8 Å². The Bertz CT molecular complexity index is 428. The smallest absolute Gasteiger partial charge is 0.231 e. The van der Waals surface area contributed by atoms with Gasteiger partial charge in [0.15, 0.2) is 0 Å². The minimum atomic E-state index is -0.284. The lowest BCUT2D eigenvalue weighted by Crippen LogP contribution is -2.46. The van der Waals surface area contributed by atoms with Crippen LogP contribution in [0, 0.1) is 5.41 Å². The van der Waals surface area contributed by atoms with Crippen molar-refractivity contribution in [1.29, 1.82) is 0 Å². The van der Waals surface area contributed by atoms with Gasteiger partial charge in [-0.15, -0.1) is 11.8 Å². The molecule has 1 aliphatic heterocycles. The number of carbonyl (C=O) groups is 1. The molecule has 18 heavy (non-hydrogen) atoms. The molecule has 0 bridgehead atoms. The van der Waals surface area contributed by atoms with Crippen LogP contribution in [0.15, 0.2) is 29.2 Å². The van der Waals surface area contributed by atoms with Crippen LogP contribution in [0.1, 0.15) is 19.8 Å². The van der Waals surface area contributed by atoms with Crippen LogP contribution in [0.4, 0.5) is 5.69 Å². The van der Waals surface area contributed by atoms with E-state index in [9.17, 15) is 4.79 Å². The topological polar surface area (TPSA) is 41.1 Å². The van der Waals surface area contributed by atoms with Crippen LogP contribution in [0.25, 0.3) is 0 Å². The molecule has 0 spiro atoms. The highest BCUT2D eigenvalue weighted by Gasteiger charge is 2.34. The van der Waals surface area contributed by atoms with Gasteiger partial charge in [0.05, 0.1) is 5.41 Å². The van der Waals surface area contributed by atoms with E-state index in [1.165, 1.54) is 4.90 Å². The van der Waals surface area contributed by atoms with Crippen molar-refractivity contribution in [3.63, 3.8) is 0 Å². The quantitative estimate of drug-likeness (QED) is 0.825. The predicted molar refractivity (Wildman–Crippen MR) is 77.1 cm³/mol. The number of hydrogen-bond acceptors (Lipinski definition) is 3. The summed E-state index contributed by atoms with van der Waals surface area (Å²) < 4.78 is 0. The molecule has 0 aromatic heterocycles. The molecule has 1 amide bonds. The average molecular weight is 264 g/mol. The second-order valence-corrected chi connectivity index (χ2v) is 5.91. The van der Waals surface area contributed by atoms with E-state index in [-0.39, 0.29) is 11.3 Å². The lowest BCUT2D eigenvalue weighted by molar-refractivity contribution is -0.125. The van der Waals surface area contributed by atoms with Gasteiger partial charge in [0.25, 0.3) is 0 Å². The SMILES string of the molecule is CSc1cccc(NC(=O)C2(C)CCCNC2)c1. The summed E-state index contributed by atoms with van der Waals surface area (Å²) in [6, 6.07) is 7.98. The summed E-state index contributed by atoms with van der Waals surface area (Å²) in [4.78, 5) is 13.5. The molecule has 1 aromatic rings. The molecule has 1 saturated heterocycles. The molecular formula is C14H20N2OS. The van der Waals surface area contributed by atoms with Crippen LogP contribution in [0.2, 0.25) is 0 Å². The minimum Gasteiger partial charge on any atom is -0.326 e. The Balaban J connectivity index is 2.05. The summed E-state index contributed by atoms with van der Waals surface area (Å²) in [7, 11) is 0. The van der Waals surface area contributed by atoms with Crippen LogP contribution in [-0.2, 0) is 4.79 Å². The summed E-state index contributed by atoms with van der Waals surface area (Å²) in [5, 5.41) is 6.33. The Hall–Kier alpha value is -1.00. The number of benzene rings is 1. The third-order valence-corrected chi connectivity index (χ3v) is 4.20. The van der Waals surface area contributed by atoms with Gasteiger partial charge in [0.2, 0.25) is 5.91 Å². The molecule has 0 aliphatic carbocycles. The zero-order valence-corrected chi connectivity index (χ0v) is 11.8. The standard InChI is InChI=1S/C14H20N2OS/c1-14(7-4-8-15-10-14)13(17)16-11-5-3-6-12(9-11)18-2/h3,5-6,9,15H,4,7-8,10H2,1-2H3,(H,16,17). The zero-order valence-electron chi connectivity index (χ0n) is 11.0. The molecule has 3 nitrogen and oxygen atoms in total. The van der Waals surface area contributed by atoms with Gasteiger partial charge >= 0.3 is 0 Å². The number of thioether (sulfide) groups is 1. The fourth-order valence-corrected chi connectivity index (χ4v) is 2.69. The van der Waals surface area contributed by atoms with Crippen molar-refractivity contribution in [2.75, 3.05) is 24.7 Å². The number of anilines is 1. The van der Waals surface area contributed by atoms with Crippen molar-refractivity contribution in [3.8, 4) is 0 Å². The largest absolute Gasteiger partial charge is 0.326 e. The van der Waals surface area contributed by atoms with Gasteiger partial charge < -0.3 is 10.6 Å². The van der Waals surface area contributed by atoms with E-state index < -0.39 is 0 Å². The van der Waals surface area contributed by atoms with E-state index in [0.717, 1.165) is 31.6 Å². The molecule has 1 aromatic carbocycles. The first-order valence-corrected chi connectivity index (χ1v) is 7.53. The number of rotatable bonds is 3. The molecule has 1 fully saturated rings. The molecule has 1 atom stereocenters. The van der Waals surface area contributed by atoms with E-state index in [2.05, 4.69) is 10.6 Å². The summed E-state index contributed by atoms with van der Waals surface area (Å²) in [5.41, 5.74) is 0.604. The highest BCUT2D eigenvalue weighted by molar-refractivity contribution is 7.98. The molecule has 0 radical (unpaired) electrons. The fraction of sp³-hybridized carbons (Fsp3) is 0.500. The monoisotopic (exact) mass is 264 g/mol. The minimum absolute atomic E-state index is 0.118. The van der Waals surface area contributed by atoms with Gasteiger partial charge in [-0.1, -0.05) is 6.07 Å². The van der Waals surface area contributed by atoms with Gasteiger partial charge in [-0.25, -0.2) is 0 Å². The summed E-state index contributed by atoms with van der Waals surface area (Å²) >= 11 is 1.68. The Labute approximate surface area is 113 Å². The van der Waals surface area contributed by atoms with Gasteiger partial charge in [-0.3, -0.25) is 4.79 Å². The molecule has 1 aliphatic rings. The predicted octanol–water partition coefficient (Wildman–Crippen LogP) is 2.74. The molecule has 0 saturated carbocycles. The van der Waals surface area contributed by atoms with Crippen LogP contribution in [-0.4, -0.2) is 25.3 Å². The molecule has 98 valence electrons. The van der Waals surface area contributed by atoms with Crippen LogP contribution in [0.3, 0.4) is 0 Å². The fourth-order valence-electron chi connectivity index (χ4n) is 2.23. The number of piperidine rings is 1. The highest BCUT2D eigenvalue weighted by atomic mass is 32.2. The summed E-state index contributed by atoms with van der Waals surface area (Å²) in [6.07, 6.45) is 4.05. The third-order valence-electron chi connectivity index (χ3n) is 3.47. The van der Waals surface area contributed by atoms with Crippen molar-refractivity contribution in [1.82, 2.24) is 5.32 Å². The van der Waals surface area contributed by atoms with Gasteiger partial charge in [0.1, 0.15) is 0 Å². The average Bonchev–Trinajstić information content (AvgIpc) is 2.40. The van der Waals surface area contributed by atoms with Crippen molar-refractivity contribution in [2.45, 2.75) is 24.7 Å². The molecule has 4 heteroatoms. The highest BCUT2D eigenvalue weighted by Crippen LogP contribution is 2.28. The first kappa shape index (κ1) is 13.4. The van der Waals surface area contributed by atoms with Gasteiger partial charge in [0, 0.05) is 17.1 Å². The number of hydrogen-bond donors (Lipinski definition) is 2. The molecular weight excluding hydrogens is 244 g/mol. The lowest BCUT2D eigenvalue weighted by atomic mass is 9.82. The van der Waals surface area contributed by atoms with Crippen molar-refractivity contribution in [2.24, 2.45) is 5.41 Å². The van der Waals surface area contributed by atoms with E-state index in [0.29, 0.717) is 0 Å². The van der Waals surface area contributed by atoms with E-state index >= 15 is 0 Å². The second kappa shape index (κ2) is 5.76. The van der Waals surface area contributed by atoms with Crippen molar-refractivity contribution >= 4 is 23.4 Å². The van der Waals surface area contributed by atoms with Crippen molar-refractivity contribution in [3.05, 3.63) is 24.3 Å². The Kier molecular flexibility index (Phi) is 4.30. The summed E-state index contributed by atoms with van der Waals surface area (Å²) in [6.45, 7) is 3.82. The normalized spacial score (nSPS) is 23.7. The maximum atomic E-state index is 12.3. The Morgan fingerprint density at radius 3 is 3.00 bits per heavy atom. The molecule has 1 heterocycles. The van der Waals surface area contributed by atoms with Gasteiger partial charge in [-0.2, -0.15) is 0 Å². The Morgan fingerprint density at radius 2 is 2.33 bits per heavy atom. The number of amides is 1. The van der Waals surface area contributed by atoms with E-state index in [1.54, 1.807) is 11.8 Å². The van der Waals surface area contributed by atoms with E-state index in [4.69, 9.17) is 0 Å². The maximum Gasteiger partial charge on any atom is 0.231 e. The van der Waals surface area contributed by atoms with E-state index in [1.807, 2.05) is 37.4 Å². The van der Waals surface area contributed by atoms with Crippen LogP contribution < -0.4 is 10.6 Å².